The fourth-order valence-electron chi connectivity index (χ4n) is 1.60. The molecule has 1 atom stereocenters. The topological polar surface area (TPSA) is 64.3 Å². The molecule has 0 aromatic heterocycles. The zero-order chi connectivity index (χ0) is 12.7. The minimum Gasteiger partial charge on any atom is -0.385 e. The van der Waals surface area contributed by atoms with E-state index < -0.39 is 0 Å². The number of anilines is 1. The second-order valence-electron chi connectivity index (χ2n) is 4.02. The van der Waals surface area contributed by atoms with Gasteiger partial charge < -0.3 is 15.8 Å². The van der Waals surface area contributed by atoms with Crippen LogP contribution in [0.5, 0.6) is 0 Å². The maximum absolute atomic E-state index is 11.7. The molecule has 1 amide bonds. The molecule has 0 radical (unpaired) electrons. The highest BCUT2D eigenvalue weighted by molar-refractivity contribution is 5.91. The molecule has 0 aliphatic carbocycles. The summed E-state index contributed by atoms with van der Waals surface area (Å²) in [6, 6.07) is 7.50. The number of carbonyl (C=O) groups excluding carboxylic acids is 1. The molecule has 1 aromatic carbocycles. The van der Waals surface area contributed by atoms with Crippen molar-refractivity contribution in [3.05, 3.63) is 29.8 Å². The normalized spacial score (nSPS) is 12.2. The van der Waals surface area contributed by atoms with E-state index in [2.05, 4.69) is 5.32 Å². The number of amides is 1. The SMILES string of the molecule is COCCCC(=O)Nc1ccccc1C(C)N. The number of ether oxygens (including phenoxy) is 1. The molecule has 17 heavy (non-hydrogen) atoms. The van der Waals surface area contributed by atoms with Gasteiger partial charge in [0.05, 0.1) is 0 Å². The molecular weight excluding hydrogens is 216 g/mol. The van der Waals surface area contributed by atoms with Crippen LogP contribution in [-0.2, 0) is 9.53 Å². The second-order valence-corrected chi connectivity index (χ2v) is 4.02. The van der Waals surface area contributed by atoms with Gasteiger partial charge in [0.1, 0.15) is 0 Å². The van der Waals surface area contributed by atoms with Crippen LogP contribution >= 0.6 is 0 Å². The highest BCUT2D eigenvalue weighted by Gasteiger charge is 2.08. The fourth-order valence-corrected chi connectivity index (χ4v) is 1.60. The Balaban J connectivity index is 2.58. The molecule has 4 heteroatoms. The number of benzene rings is 1. The van der Waals surface area contributed by atoms with E-state index >= 15 is 0 Å². The van der Waals surface area contributed by atoms with E-state index in [1.54, 1.807) is 7.11 Å². The third-order valence-corrected chi connectivity index (χ3v) is 2.48. The molecule has 0 saturated heterocycles. The fraction of sp³-hybridized carbons (Fsp3) is 0.462. The van der Waals surface area contributed by atoms with Crippen molar-refractivity contribution in [3.8, 4) is 0 Å². The molecule has 0 aliphatic heterocycles. The van der Waals surface area contributed by atoms with Crippen LogP contribution in [0.25, 0.3) is 0 Å². The maximum atomic E-state index is 11.7. The average molecular weight is 236 g/mol. The summed E-state index contributed by atoms with van der Waals surface area (Å²) < 4.78 is 4.90. The molecule has 94 valence electrons. The molecule has 1 unspecified atom stereocenters. The molecule has 1 rings (SSSR count). The van der Waals surface area contributed by atoms with Crippen LogP contribution in [0.4, 0.5) is 5.69 Å². The number of nitrogens with two attached hydrogens (primary N) is 1. The lowest BCUT2D eigenvalue weighted by Gasteiger charge is -2.13. The molecule has 0 saturated carbocycles. The van der Waals surface area contributed by atoms with Crippen molar-refractivity contribution in [1.29, 1.82) is 0 Å². The van der Waals surface area contributed by atoms with Crippen molar-refractivity contribution in [3.63, 3.8) is 0 Å². The molecule has 0 fully saturated rings. The van der Waals surface area contributed by atoms with Gasteiger partial charge in [-0.15, -0.1) is 0 Å². The Labute approximate surface area is 102 Å². The largest absolute Gasteiger partial charge is 0.385 e. The predicted octanol–water partition coefficient (Wildman–Crippen LogP) is 2.07. The van der Waals surface area contributed by atoms with Gasteiger partial charge in [-0.3, -0.25) is 4.79 Å². The van der Waals surface area contributed by atoms with E-state index in [1.807, 2.05) is 31.2 Å². The average Bonchev–Trinajstić information content (AvgIpc) is 2.29. The molecular formula is C13H20N2O2. The lowest BCUT2D eigenvalue weighted by atomic mass is 10.1. The van der Waals surface area contributed by atoms with Crippen LogP contribution in [0, 0.1) is 0 Å². The van der Waals surface area contributed by atoms with Gasteiger partial charge in [0.2, 0.25) is 5.91 Å². The Kier molecular flexibility index (Phi) is 5.66. The van der Waals surface area contributed by atoms with Crippen molar-refractivity contribution >= 4 is 11.6 Å². The summed E-state index contributed by atoms with van der Waals surface area (Å²) in [6.45, 7) is 2.50. The van der Waals surface area contributed by atoms with Crippen LogP contribution in [0.15, 0.2) is 24.3 Å². The van der Waals surface area contributed by atoms with Gasteiger partial charge in [-0.05, 0) is 25.0 Å². The number of hydrogen-bond acceptors (Lipinski definition) is 3. The van der Waals surface area contributed by atoms with Gasteiger partial charge >= 0.3 is 0 Å². The smallest absolute Gasteiger partial charge is 0.224 e. The first-order chi connectivity index (χ1) is 8.15. The van der Waals surface area contributed by atoms with Gasteiger partial charge in [0.25, 0.3) is 0 Å². The Bertz CT molecular complexity index is 364. The van der Waals surface area contributed by atoms with Gasteiger partial charge in [0, 0.05) is 31.9 Å². The summed E-state index contributed by atoms with van der Waals surface area (Å²) in [6.07, 6.45) is 1.18. The zero-order valence-corrected chi connectivity index (χ0v) is 10.4. The minimum absolute atomic E-state index is 0.00449. The van der Waals surface area contributed by atoms with Crippen LogP contribution in [0.2, 0.25) is 0 Å². The van der Waals surface area contributed by atoms with Crippen LogP contribution in [0.3, 0.4) is 0 Å². The maximum Gasteiger partial charge on any atom is 0.224 e. The summed E-state index contributed by atoms with van der Waals surface area (Å²) in [5.74, 6) is -0.00449. The highest BCUT2D eigenvalue weighted by atomic mass is 16.5. The summed E-state index contributed by atoms with van der Waals surface area (Å²) in [5, 5.41) is 2.88. The van der Waals surface area contributed by atoms with E-state index in [1.165, 1.54) is 0 Å². The highest BCUT2D eigenvalue weighted by Crippen LogP contribution is 2.20. The second kappa shape index (κ2) is 7.04. The lowest BCUT2D eigenvalue weighted by molar-refractivity contribution is -0.116. The predicted molar refractivity (Wildman–Crippen MR) is 68.8 cm³/mol. The van der Waals surface area contributed by atoms with Gasteiger partial charge in [-0.25, -0.2) is 0 Å². The van der Waals surface area contributed by atoms with Crippen molar-refractivity contribution in [2.75, 3.05) is 19.0 Å². The van der Waals surface area contributed by atoms with Crippen LogP contribution in [0.1, 0.15) is 31.4 Å². The molecule has 4 nitrogen and oxygen atoms in total. The number of para-hydroxylation sites is 1. The van der Waals surface area contributed by atoms with E-state index in [0.29, 0.717) is 13.0 Å². The third-order valence-electron chi connectivity index (χ3n) is 2.48. The Hall–Kier alpha value is -1.39. The summed E-state index contributed by atoms with van der Waals surface area (Å²) in [5.41, 5.74) is 7.59. The molecule has 0 aliphatic rings. The third kappa shape index (κ3) is 4.54. The lowest BCUT2D eigenvalue weighted by Crippen LogP contribution is -2.15. The zero-order valence-electron chi connectivity index (χ0n) is 10.4. The van der Waals surface area contributed by atoms with Crippen molar-refractivity contribution < 1.29 is 9.53 Å². The number of hydrogen-bond donors (Lipinski definition) is 2. The van der Waals surface area contributed by atoms with E-state index in [9.17, 15) is 4.79 Å². The van der Waals surface area contributed by atoms with Gasteiger partial charge in [-0.1, -0.05) is 18.2 Å². The van der Waals surface area contributed by atoms with E-state index in [4.69, 9.17) is 10.5 Å². The first-order valence-electron chi connectivity index (χ1n) is 5.78. The first-order valence-corrected chi connectivity index (χ1v) is 5.78. The number of carbonyl (C=O) groups is 1. The van der Waals surface area contributed by atoms with Crippen LogP contribution in [-0.4, -0.2) is 19.6 Å². The molecule has 1 aromatic rings. The molecule has 0 bridgehead atoms. The van der Waals surface area contributed by atoms with Gasteiger partial charge in [0.15, 0.2) is 0 Å². The van der Waals surface area contributed by atoms with Gasteiger partial charge in [-0.2, -0.15) is 0 Å². The Morgan fingerprint density at radius 3 is 2.82 bits per heavy atom. The standard InChI is InChI=1S/C13H20N2O2/c1-10(14)11-6-3-4-7-12(11)15-13(16)8-5-9-17-2/h3-4,6-7,10H,5,8-9,14H2,1-2H3,(H,15,16). The first kappa shape index (κ1) is 13.7. The number of rotatable bonds is 6. The van der Waals surface area contributed by atoms with E-state index in [0.717, 1.165) is 17.7 Å². The van der Waals surface area contributed by atoms with Crippen molar-refractivity contribution in [1.82, 2.24) is 0 Å². The Morgan fingerprint density at radius 2 is 2.18 bits per heavy atom. The van der Waals surface area contributed by atoms with Crippen molar-refractivity contribution in [2.24, 2.45) is 5.73 Å². The Morgan fingerprint density at radius 1 is 1.47 bits per heavy atom. The quantitative estimate of drug-likeness (QED) is 0.743. The number of nitrogens with one attached hydrogen (secondary N) is 1. The number of methoxy groups -OCH3 is 1. The van der Waals surface area contributed by atoms with Crippen molar-refractivity contribution in [2.45, 2.75) is 25.8 Å². The molecule has 3 N–H and O–H groups in total. The minimum atomic E-state index is -0.0922. The monoisotopic (exact) mass is 236 g/mol. The van der Waals surface area contributed by atoms with E-state index in [-0.39, 0.29) is 11.9 Å². The summed E-state index contributed by atoms with van der Waals surface area (Å²) in [4.78, 5) is 11.7. The molecule has 0 spiro atoms. The summed E-state index contributed by atoms with van der Waals surface area (Å²) >= 11 is 0. The summed E-state index contributed by atoms with van der Waals surface area (Å²) in [7, 11) is 1.63. The van der Waals surface area contributed by atoms with Crippen LogP contribution < -0.4 is 11.1 Å². The molecule has 0 heterocycles.